The molecule has 3 aliphatic carbocycles. The van der Waals surface area contributed by atoms with Crippen molar-refractivity contribution in [2.45, 2.75) is 8.65 Å². The van der Waals surface area contributed by atoms with Crippen LogP contribution in [0.4, 0.5) is 11.4 Å². The van der Waals surface area contributed by atoms with Crippen LogP contribution >= 0.6 is 31.9 Å². The van der Waals surface area contributed by atoms with Crippen molar-refractivity contribution < 1.29 is 14.8 Å². The number of halogens is 2. The van der Waals surface area contributed by atoms with Crippen LogP contribution in [-0.4, -0.2) is 17.0 Å². The van der Waals surface area contributed by atoms with E-state index in [0.717, 1.165) is 22.3 Å². The fourth-order valence-corrected chi connectivity index (χ4v) is 7.95. The predicted octanol–water partition coefficient (Wildman–Crippen LogP) is 4.79. The highest BCUT2D eigenvalue weighted by Crippen LogP contribution is 2.70. The number of carbonyl (C=O) groups is 2. The van der Waals surface area contributed by atoms with Crippen LogP contribution in [-0.2, 0) is 18.2 Å². The Hall–Kier alpha value is -2.52. The summed E-state index contributed by atoms with van der Waals surface area (Å²) in [5.74, 6) is -1.93. The highest BCUT2D eigenvalue weighted by molar-refractivity contribution is 9.10. The lowest BCUT2D eigenvalue weighted by Crippen LogP contribution is -2.56. The van der Waals surface area contributed by atoms with Crippen LogP contribution in [0.2, 0.25) is 0 Å². The lowest BCUT2D eigenvalue weighted by Gasteiger charge is -2.55. The van der Waals surface area contributed by atoms with Gasteiger partial charge in [0.1, 0.15) is 0 Å². The molecule has 3 aromatic rings. The minimum absolute atomic E-state index is 0.0130. The van der Waals surface area contributed by atoms with Crippen LogP contribution in [0.15, 0.2) is 72.8 Å². The minimum Gasteiger partial charge on any atom is -0.733 e. The molecule has 0 radical (unpaired) electrons. The first-order chi connectivity index (χ1) is 15.3. The predicted molar refractivity (Wildman–Crippen MR) is 126 cm³/mol. The normalized spacial score (nSPS) is 29.6. The van der Waals surface area contributed by atoms with E-state index < -0.39 is 20.5 Å². The lowest BCUT2D eigenvalue weighted by molar-refractivity contribution is -0.122. The number of hydrogen-bond acceptors (Lipinski definition) is 5. The number of nitrogens with zero attached hydrogens (tertiary/aromatic N) is 2. The van der Waals surface area contributed by atoms with E-state index in [0.29, 0.717) is 5.69 Å². The molecule has 1 saturated heterocycles. The van der Waals surface area contributed by atoms with E-state index in [4.69, 9.17) is 5.21 Å². The number of imide groups is 1. The number of rotatable bonds is 2. The van der Waals surface area contributed by atoms with Gasteiger partial charge in [0, 0.05) is 0 Å². The van der Waals surface area contributed by atoms with Crippen molar-refractivity contribution in [3.8, 4) is 0 Å². The van der Waals surface area contributed by atoms with Crippen molar-refractivity contribution in [2.75, 3.05) is 10.1 Å². The zero-order chi connectivity index (χ0) is 22.4. The van der Waals surface area contributed by atoms with Crippen LogP contribution in [0.1, 0.15) is 22.3 Å². The van der Waals surface area contributed by atoms with Crippen molar-refractivity contribution in [3.05, 3.63) is 100 Å². The summed E-state index contributed by atoms with van der Waals surface area (Å²) in [5, 5.41) is 20.0. The third-order valence-corrected chi connectivity index (χ3v) is 9.61. The number of amides is 2. The quantitative estimate of drug-likeness (QED) is 0.280. The largest absolute Gasteiger partial charge is 0.733 e. The van der Waals surface area contributed by atoms with E-state index >= 15 is 0 Å². The Morgan fingerprint density at radius 3 is 1.47 bits per heavy atom. The standard InChI is InChI=1S/C24H15Br2N2O4/c25-23-15-5-1-2-6-16(15)24(26,18-8-4-3-7-17(18)23)20-19(23)21(29)27(22(20)30)13-9-11-14(12-10-13)28(31)32/h1-12,19-20,31H/q-1/t19-,20-,23?,24?/m1/s1. The topological polar surface area (TPSA) is 83.9 Å². The molecule has 1 N–H and O–H groups in total. The lowest BCUT2D eigenvalue weighted by atomic mass is 9.54. The summed E-state index contributed by atoms with van der Waals surface area (Å²) in [6.45, 7) is 0. The Morgan fingerprint density at radius 1 is 0.750 bits per heavy atom. The van der Waals surface area contributed by atoms with E-state index in [1.54, 1.807) is 0 Å². The number of carbonyl (C=O) groups excluding carboxylic acids is 2. The molecule has 7 rings (SSSR count). The molecule has 2 atom stereocenters. The van der Waals surface area contributed by atoms with E-state index in [9.17, 15) is 14.8 Å². The van der Waals surface area contributed by atoms with Crippen molar-refractivity contribution in [1.82, 2.24) is 0 Å². The zero-order valence-electron chi connectivity index (χ0n) is 16.4. The monoisotopic (exact) mass is 553 g/mol. The maximum Gasteiger partial charge on any atom is 0.239 e. The summed E-state index contributed by atoms with van der Waals surface area (Å²) < 4.78 is -1.70. The second-order valence-corrected chi connectivity index (χ2v) is 10.8. The average Bonchev–Trinajstić information content (AvgIpc) is 3.08. The molecular weight excluding hydrogens is 540 g/mol. The van der Waals surface area contributed by atoms with E-state index in [-0.39, 0.29) is 22.7 Å². The van der Waals surface area contributed by atoms with Crippen LogP contribution in [0, 0.1) is 17.0 Å². The molecular formula is C24H15Br2N2O4-. The van der Waals surface area contributed by atoms with Gasteiger partial charge < -0.3 is 10.4 Å². The Balaban J connectivity index is 1.59. The molecule has 8 heteroatoms. The fraction of sp³-hybridized carbons (Fsp3) is 0.167. The van der Waals surface area contributed by atoms with Gasteiger partial charge in [-0.25, -0.2) is 4.90 Å². The minimum atomic E-state index is -0.848. The molecule has 0 spiro atoms. The smallest absolute Gasteiger partial charge is 0.239 e. The van der Waals surface area contributed by atoms with Gasteiger partial charge in [-0.1, -0.05) is 80.4 Å². The SMILES string of the molecule is O=C1[C@H]2[C@H](C(=O)N1c1ccc(N([O-])O)cc1)C1(Br)c3ccccc3C2(Br)c2ccccc21. The Kier molecular flexibility index (Phi) is 4.09. The molecule has 6 nitrogen and oxygen atoms in total. The van der Waals surface area contributed by atoms with Crippen LogP contribution in [0.5, 0.6) is 0 Å². The molecule has 0 unspecified atom stereocenters. The van der Waals surface area contributed by atoms with Gasteiger partial charge in [0.25, 0.3) is 0 Å². The number of alkyl halides is 2. The Bertz CT molecular complexity index is 1190. The van der Waals surface area contributed by atoms with E-state index in [2.05, 4.69) is 31.9 Å². The van der Waals surface area contributed by atoms with Crippen molar-refractivity contribution in [2.24, 2.45) is 11.8 Å². The summed E-state index contributed by atoms with van der Waals surface area (Å²) in [7, 11) is 0. The van der Waals surface area contributed by atoms with Gasteiger partial charge in [-0.05, 0) is 46.5 Å². The molecule has 0 saturated carbocycles. The zero-order valence-corrected chi connectivity index (χ0v) is 19.6. The molecule has 3 aromatic carbocycles. The van der Waals surface area contributed by atoms with Gasteiger partial charge in [0.15, 0.2) is 0 Å². The third-order valence-electron chi connectivity index (χ3n) is 6.91. The van der Waals surface area contributed by atoms with Gasteiger partial charge in [-0.15, -0.1) is 0 Å². The first-order valence-electron chi connectivity index (χ1n) is 10.0. The highest BCUT2D eigenvalue weighted by Gasteiger charge is 2.72. The molecule has 2 bridgehead atoms. The maximum atomic E-state index is 13.9. The summed E-state index contributed by atoms with van der Waals surface area (Å²) in [5.41, 5.74) is 4.25. The second-order valence-electron chi connectivity index (χ2n) is 8.27. The average molecular weight is 555 g/mol. The molecule has 0 aromatic heterocycles. The number of hydrogen-bond donors (Lipinski definition) is 1. The third kappa shape index (κ3) is 2.21. The van der Waals surface area contributed by atoms with E-state index in [1.807, 2.05) is 48.5 Å². The van der Waals surface area contributed by atoms with Crippen LogP contribution in [0.3, 0.4) is 0 Å². The van der Waals surface area contributed by atoms with Crippen molar-refractivity contribution in [3.63, 3.8) is 0 Å². The molecule has 4 aliphatic rings. The number of benzene rings is 3. The summed E-state index contributed by atoms with van der Waals surface area (Å²) in [6, 6.07) is 21.5. The molecule has 32 heavy (non-hydrogen) atoms. The van der Waals surface area contributed by atoms with Crippen molar-refractivity contribution >= 4 is 55.0 Å². The summed E-state index contributed by atoms with van der Waals surface area (Å²) in [4.78, 5) is 28.9. The molecule has 2 amide bonds. The molecule has 1 aliphatic heterocycles. The van der Waals surface area contributed by atoms with Crippen molar-refractivity contribution in [1.29, 1.82) is 0 Å². The summed E-state index contributed by atoms with van der Waals surface area (Å²) in [6.07, 6.45) is 0. The number of anilines is 2. The fourth-order valence-electron chi connectivity index (χ4n) is 5.65. The maximum absolute atomic E-state index is 13.9. The second kappa shape index (κ2) is 6.51. The van der Waals surface area contributed by atoms with Gasteiger partial charge >= 0.3 is 0 Å². The Morgan fingerprint density at radius 2 is 1.12 bits per heavy atom. The van der Waals surface area contributed by atoms with Gasteiger partial charge in [0.05, 0.1) is 31.9 Å². The molecule has 160 valence electrons. The Labute approximate surface area is 200 Å². The molecule has 1 heterocycles. The molecule has 1 fully saturated rings. The first-order valence-corrected chi connectivity index (χ1v) is 11.6. The van der Waals surface area contributed by atoms with Gasteiger partial charge in [-0.2, -0.15) is 0 Å². The van der Waals surface area contributed by atoms with Crippen LogP contribution < -0.4 is 10.1 Å². The van der Waals surface area contributed by atoms with E-state index in [1.165, 1.54) is 29.2 Å². The van der Waals surface area contributed by atoms with Gasteiger partial charge in [0.2, 0.25) is 11.8 Å². The first kappa shape index (κ1) is 20.1. The van der Waals surface area contributed by atoms with Gasteiger partial charge in [-0.3, -0.25) is 14.8 Å². The van der Waals surface area contributed by atoms with Crippen LogP contribution in [0.25, 0.3) is 0 Å². The summed E-state index contributed by atoms with van der Waals surface area (Å²) >= 11 is 7.92. The highest BCUT2D eigenvalue weighted by atomic mass is 79.9.